The van der Waals surface area contributed by atoms with Crippen LogP contribution in [0.25, 0.3) is 10.9 Å². The minimum atomic E-state index is -2.61. The minimum Gasteiger partial charge on any atom is -0.447 e. The van der Waals surface area contributed by atoms with Crippen molar-refractivity contribution in [2.45, 2.75) is 18.9 Å². The first kappa shape index (κ1) is 7.84. The number of hydrogen-bond acceptors (Lipinski definition) is 3. The zero-order chi connectivity index (χ0) is 20.9. The highest BCUT2D eigenvalue weighted by Gasteiger charge is 2.22. The van der Waals surface area contributed by atoms with Crippen molar-refractivity contribution >= 4 is 17.0 Å². The van der Waals surface area contributed by atoms with Crippen LogP contribution in [0, 0.1) is 0 Å². The van der Waals surface area contributed by atoms with Gasteiger partial charge in [0.2, 0.25) is 0 Å². The fourth-order valence-corrected chi connectivity index (χ4v) is 2.32. The first-order valence-electron chi connectivity index (χ1n) is 10.1. The second kappa shape index (κ2) is 5.77. The molecule has 1 saturated heterocycles. The SMILES string of the molecule is [2H]c1[nH]c2ccc(C[C@@]3([2H])COC(=O)N3)cc2c1CC([2H])([2H])N(C)C([2H])([2H])[2H]. The molecule has 1 atom stereocenters. The Morgan fingerprint density at radius 3 is 3.33 bits per heavy atom. The van der Waals surface area contributed by atoms with E-state index in [1.54, 1.807) is 18.2 Å². The number of likely N-dealkylation sites (N-methyl/N-ethyl adjacent to an activating group) is 1. The molecule has 3 rings (SSSR count). The van der Waals surface area contributed by atoms with Gasteiger partial charge in [0.1, 0.15) is 6.61 Å². The molecule has 21 heavy (non-hydrogen) atoms. The first-order valence-corrected chi connectivity index (χ1v) is 6.60. The van der Waals surface area contributed by atoms with Gasteiger partial charge < -0.3 is 19.9 Å². The predicted molar refractivity (Wildman–Crippen MR) is 82.5 cm³/mol. The number of benzene rings is 1. The number of ether oxygens (including phenoxy) is 1. The highest BCUT2D eigenvalue weighted by Crippen LogP contribution is 2.21. The number of nitrogens with one attached hydrogen (secondary N) is 2. The van der Waals surface area contributed by atoms with E-state index in [-0.39, 0.29) is 25.6 Å². The van der Waals surface area contributed by atoms with Gasteiger partial charge in [-0.1, -0.05) is 6.07 Å². The van der Waals surface area contributed by atoms with E-state index in [1.807, 2.05) is 0 Å². The third kappa shape index (κ3) is 3.19. The third-order valence-corrected chi connectivity index (χ3v) is 3.32. The quantitative estimate of drug-likeness (QED) is 0.886. The number of hydrogen-bond donors (Lipinski definition) is 2. The lowest BCUT2D eigenvalue weighted by atomic mass is 10.0. The van der Waals surface area contributed by atoms with Gasteiger partial charge >= 0.3 is 6.09 Å². The number of H-pyrrole nitrogens is 1. The van der Waals surface area contributed by atoms with Crippen molar-refractivity contribution in [3.05, 3.63) is 35.5 Å². The van der Waals surface area contributed by atoms with E-state index in [0.717, 1.165) is 0 Å². The van der Waals surface area contributed by atoms with Crippen LogP contribution in [0.2, 0.25) is 0 Å². The standard InChI is InChI=1S/C16H21N3O2/c1-19(2)6-5-12-9-17-15-4-3-11(8-14(12)15)7-13-10-21-16(20)18-13/h3-4,8-9,13,17H,5-7,10H2,1-2H3,(H,18,20)/t13-/m0/s1/i1D3,6D2,9D,13D. The van der Waals surface area contributed by atoms with Crippen LogP contribution in [-0.2, 0) is 17.6 Å². The molecule has 112 valence electrons. The van der Waals surface area contributed by atoms with Crippen molar-refractivity contribution in [2.24, 2.45) is 0 Å². The van der Waals surface area contributed by atoms with Crippen LogP contribution in [0.15, 0.2) is 24.4 Å². The van der Waals surface area contributed by atoms with Crippen LogP contribution in [-0.4, -0.2) is 49.1 Å². The minimum absolute atomic E-state index is 0.00746. The van der Waals surface area contributed by atoms with Crippen LogP contribution in [0.3, 0.4) is 0 Å². The van der Waals surface area contributed by atoms with Crippen molar-refractivity contribution < 1.29 is 19.1 Å². The molecule has 0 bridgehead atoms. The van der Waals surface area contributed by atoms with Gasteiger partial charge in [-0.2, -0.15) is 0 Å². The van der Waals surface area contributed by atoms with Gasteiger partial charge in [0.15, 0.2) is 0 Å². The molecule has 2 N–H and O–H groups in total. The van der Waals surface area contributed by atoms with Crippen LogP contribution >= 0.6 is 0 Å². The second-order valence-corrected chi connectivity index (χ2v) is 4.98. The number of nitrogens with zero attached hydrogens (tertiary/aromatic N) is 1. The summed E-state index contributed by atoms with van der Waals surface area (Å²) in [5.74, 6) is 0. The molecule has 1 aliphatic heterocycles. The Hall–Kier alpha value is -2.01. The van der Waals surface area contributed by atoms with Crippen LogP contribution in [0.4, 0.5) is 4.79 Å². The lowest BCUT2D eigenvalue weighted by Crippen LogP contribution is -2.28. The number of amides is 1. The molecule has 1 aromatic heterocycles. The molecule has 1 aromatic carbocycles. The van der Waals surface area contributed by atoms with E-state index in [9.17, 15) is 4.79 Å². The summed E-state index contributed by atoms with van der Waals surface area (Å²) in [7, 11) is 1.18. The van der Waals surface area contributed by atoms with Crippen molar-refractivity contribution in [2.75, 3.05) is 27.1 Å². The zero-order valence-electron chi connectivity index (χ0n) is 18.6. The predicted octanol–water partition coefficient (Wildman–Crippen LogP) is 1.92. The average molecular weight is 294 g/mol. The zero-order valence-corrected chi connectivity index (χ0v) is 11.6. The molecule has 5 heteroatoms. The number of cyclic esters (lactones) is 1. The Morgan fingerprint density at radius 1 is 1.67 bits per heavy atom. The van der Waals surface area contributed by atoms with Crippen molar-refractivity contribution in [3.8, 4) is 0 Å². The van der Waals surface area contributed by atoms with Crippen molar-refractivity contribution in [1.82, 2.24) is 15.2 Å². The summed E-state index contributed by atoms with van der Waals surface area (Å²) in [5, 5.41) is 3.03. The highest BCUT2D eigenvalue weighted by molar-refractivity contribution is 5.84. The number of aromatic amines is 1. The summed E-state index contributed by atoms with van der Waals surface area (Å²) in [6, 6.07) is 3.91. The van der Waals surface area contributed by atoms with Gasteiger partial charge in [0.25, 0.3) is 0 Å². The normalized spacial score (nSPS) is 27.9. The maximum absolute atomic E-state index is 11.2. The number of rotatable bonds is 5. The van der Waals surface area contributed by atoms with E-state index in [4.69, 9.17) is 14.3 Å². The number of alkyl carbamates (subject to hydrolysis) is 1. The Morgan fingerprint density at radius 2 is 2.57 bits per heavy atom. The van der Waals surface area contributed by atoms with Gasteiger partial charge in [0, 0.05) is 30.4 Å². The van der Waals surface area contributed by atoms with Crippen molar-refractivity contribution in [3.63, 3.8) is 0 Å². The lowest BCUT2D eigenvalue weighted by molar-refractivity contribution is 0.177. The third-order valence-electron chi connectivity index (χ3n) is 3.32. The van der Waals surface area contributed by atoms with Crippen LogP contribution in [0.5, 0.6) is 0 Å². The van der Waals surface area contributed by atoms with Gasteiger partial charge in [-0.05, 0) is 50.1 Å². The van der Waals surface area contributed by atoms with Crippen molar-refractivity contribution in [1.29, 1.82) is 0 Å². The molecule has 2 aromatic rings. The molecular formula is C16H21N3O2. The summed E-state index contributed by atoms with van der Waals surface area (Å²) in [6.07, 6.45) is -0.758. The summed E-state index contributed by atoms with van der Waals surface area (Å²) in [6.45, 7) is -4.89. The summed E-state index contributed by atoms with van der Waals surface area (Å²) < 4.78 is 59.8. The first-order chi connectivity index (χ1) is 12.8. The monoisotopic (exact) mass is 294 g/mol. The largest absolute Gasteiger partial charge is 0.447 e. The van der Waals surface area contributed by atoms with E-state index >= 15 is 0 Å². The fraction of sp³-hybridized carbons (Fsp3) is 0.438. The van der Waals surface area contributed by atoms with E-state index in [1.165, 1.54) is 7.05 Å². The fourth-order valence-electron chi connectivity index (χ4n) is 2.32. The maximum atomic E-state index is 11.2. The van der Waals surface area contributed by atoms with Gasteiger partial charge in [-0.3, -0.25) is 0 Å². The Kier molecular flexibility index (Phi) is 2.16. The molecule has 0 saturated carbocycles. The highest BCUT2D eigenvalue weighted by atomic mass is 16.6. The van der Waals surface area contributed by atoms with E-state index in [0.29, 0.717) is 26.9 Å². The molecule has 0 radical (unpaired) electrons. The Labute approximate surface area is 134 Å². The molecule has 5 nitrogen and oxygen atoms in total. The smallest absolute Gasteiger partial charge is 0.407 e. The maximum Gasteiger partial charge on any atom is 0.407 e. The molecule has 0 aliphatic carbocycles. The summed E-state index contributed by atoms with van der Waals surface area (Å²) >= 11 is 0. The lowest BCUT2D eigenvalue weighted by Gasteiger charge is -2.09. The molecule has 1 aliphatic rings. The topological polar surface area (TPSA) is 57.4 Å². The number of fused-ring (bicyclic) bond motifs is 1. The Bertz CT molecular complexity index is 912. The molecule has 0 spiro atoms. The van der Waals surface area contributed by atoms with E-state index in [2.05, 4.69) is 10.3 Å². The van der Waals surface area contributed by atoms with Gasteiger partial charge in [-0.15, -0.1) is 0 Å². The van der Waals surface area contributed by atoms with Crippen LogP contribution in [0.1, 0.15) is 20.7 Å². The Balaban J connectivity index is 1.93. The van der Waals surface area contributed by atoms with Crippen LogP contribution < -0.4 is 5.32 Å². The molecular weight excluding hydrogens is 266 g/mol. The number of aromatic nitrogens is 1. The summed E-state index contributed by atoms with van der Waals surface area (Å²) in [5.41, 5.74) is 1.67. The van der Waals surface area contributed by atoms with E-state index < -0.39 is 25.6 Å². The number of carbonyl (C=O) groups excluding carboxylic acids is 1. The number of carbonyl (C=O) groups is 1. The second-order valence-electron chi connectivity index (χ2n) is 4.98. The molecule has 2 heterocycles. The number of aryl methyl sites for hydroxylation is 1. The molecule has 1 fully saturated rings. The van der Waals surface area contributed by atoms with Gasteiger partial charge in [0.05, 0.1) is 8.76 Å². The van der Waals surface area contributed by atoms with Gasteiger partial charge in [-0.25, -0.2) is 4.79 Å². The average Bonchev–Trinajstić information content (AvgIpc) is 3.05. The summed E-state index contributed by atoms with van der Waals surface area (Å²) in [4.78, 5) is 14.8. The molecule has 0 unspecified atom stereocenters. The molecule has 1 amide bonds.